The molecule has 0 heterocycles. The smallest absolute Gasteiger partial charge is 0.361 e. The minimum absolute atomic E-state index is 0.164. The number of azide groups is 1. The van der Waals surface area contributed by atoms with E-state index in [1.807, 2.05) is 30.3 Å². The van der Waals surface area contributed by atoms with Crippen LogP contribution in [0.1, 0.15) is 5.56 Å². The van der Waals surface area contributed by atoms with Crippen molar-refractivity contribution in [1.29, 1.82) is 0 Å². The number of nitrogens with zero attached hydrogens (tertiary/aromatic N) is 3. The fourth-order valence-corrected chi connectivity index (χ4v) is 2.79. The molecule has 0 aliphatic heterocycles. The van der Waals surface area contributed by atoms with Crippen LogP contribution in [0.15, 0.2) is 35.4 Å². The molecule has 0 fully saturated rings. The van der Waals surface area contributed by atoms with Crippen molar-refractivity contribution < 1.29 is 23.5 Å². The summed E-state index contributed by atoms with van der Waals surface area (Å²) in [5, 5.41) is 13.5. The number of hydrogen-bond donors (Lipinski definition) is 1. The van der Waals surface area contributed by atoms with Gasteiger partial charge in [-0.15, -0.1) is 0 Å². The molecule has 0 saturated heterocycles. The van der Waals surface area contributed by atoms with Crippen molar-refractivity contribution in [2.75, 3.05) is 20.8 Å². The van der Waals surface area contributed by atoms with E-state index in [0.717, 1.165) is 19.8 Å². The van der Waals surface area contributed by atoms with Crippen LogP contribution in [0.4, 0.5) is 0 Å². The topological polar surface area (TPSA) is 114 Å². The maximum atomic E-state index is 12.2. The van der Waals surface area contributed by atoms with Gasteiger partial charge < -0.3 is 18.9 Å². The largest absolute Gasteiger partial charge is 0.378 e. The van der Waals surface area contributed by atoms with E-state index >= 15 is 0 Å². The first-order chi connectivity index (χ1) is 10.1. The molecule has 0 spiro atoms. The summed E-state index contributed by atoms with van der Waals surface area (Å²) in [6, 6.07) is 9.21. The Kier molecular flexibility index (Phi) is 7.39. The first kappa shape index (κ1) is 17.7. The molecule has 0 unspecified atom stereocenters. The molecule has 0 bridgehead atoms. The van der Waals surface area contributed by atoms with Crippen molar-refractivity contribution in [1.82, 2.24) is 0 Å². The summed E-state index contributed by atoms with van der Waals surface area (Å²) in [7, 11) is -1.42. The molecule has 0 radical (unpaired) electrons. The van der Waals surface area contributed by atoms with Crippen molar-refractivity contribution in [3.63, 3.8) is 0 Å². The zero-order valence-electron chi connectivity index (χ0n) is 11.8. The van der Waals surface area contributed by atoms with Gasteiger partial charge in [-0.3, -0.25) is 4.57 Å². The zero-order chi connectivity index (χ0) is 15.7. The van der Waals surface area contributed by atoms with Crippen LogP contribution in [-0.4, -0.2) is 37.8 Å². The molecule has 21 heavy (non-hydrogen) atoms. The lowest BCUT2D eigenvalue weighted by Gasteiger charge is -2.26. The summed E-state index contributed by atoms with van der Waals surface area (Å²) in [6.45, 7) is -0.0296. The number of aliphatic hydroxyl groups excluding tert-OH is 1. The summed E-state index contributed by atoms with van der Waals surface area (Å²) in [5.41, 5.74) is 9.25. The molecule has 1 aromatic rings. The number of rotatable bonds is 9. The van der Waals surface area contributed by atoms with Gasteiger partial charge in [0.1, 0.15) is 6.10 Å². The second-order valence-corrected chi connectivity index (χ2v) is 6.41. The minimum atomic E-state index is -3.74. The van der Waals surface area contributed by atoms with Gasteiger partial charge in [0.2, 0.25) is 0 Å². The molecular formula is C12H18N3O5P. The van der Waals surface area contributed by atoms with Gasteiger partial charge in [0.15, 0.2) is 5.85 Å². The van der Waals surface area contributed by atoms with E-state index < -0.39 is 19.5 Å². The number of aliphatic hydroxyl groups is 1. The van der Waals surface area contributed by atoms with Crippen molar-refractivity contribution in [2.24, 2.45) is 5.11 Å². The number of benzene rings is 1. The zero-order valence-corrected chi connectivity index (χ0v) is 12.7. The molecule has 9 heteroatoms. The summed E-state index contributed by atoms with van der Waals surface area (Å²) in [4.78, 5) is 2.61. The van der Waals surface area contributed by atoms with E-state index in [1.54, 1.807) is 0 Å². The maximum Gasteiger partial charge on any atom is 0.361 e. The van der Waals surface area contributed by atoms with Crippen molar-refractivity contribution >= 4 is 7.60 Å². The lowest BCUT2D eigenvalue weighted by molar-refractivity contribution is -0.0192. The van der Waals surface area contributed by atoms with Crippen LogP contribution in [-0.2, 0) is 25.0 Å². The van der Waals surface area contributed by atoms with Crippen molar-refractivity contribution in [2.45, 2.75) is 18.6 Å². The van der Waals surface area contributed by atoms with Crippen molar-refractivity contribution in [3.05, 3.63) is 46.3 Å². The third kappa shape index (κ3) is 5.13. The maximum absolute atomic E-state index is 12.2. The molecule has 0 saturated carbocycles. The van der Waals surface area contributed by atoms with Gasteiger partial charge in [-0.1, -0.05) is 35.4 Å². The third-order valence-corrected chi connectivity index (χ3v) is 4.80. The van der Waals surface area contributed by atoms with Gasteiger partial charge >= 0.3 is 7.60 Å². The highest BCUT2D eigenvalue weighted by Gasteiger charge is 2.39. The molecule has 2 atom stereocenters. The Bertz CT molecular complexity index is 513. The molecule has 1 aromatic carbocycles. The van der Waals surface area contributed by atoms with E-state index in [0.29, 0.717) is 0 Å². The Labute approximate surface area is 122 Å². The number of ether oxygens (including phenoxy) is 1. The normalized spacial score (nSPS) is 14.2. The molecule has 0 aliphatic carbocycles. The van der Waals surface area contributed by atoms with Gasteiger partial charge in [-0.25, -0.2) is 0 Å². The predicted molar refractivity (Wildman–Crippen MR) is 76.7 cm³/mol. The van der Waals surface area contributed by atoms with Crippen LogP contribution in [0.25, 0.3) is 10.4 Å². The van der Waals surface area contributed by atoms with E-state index in [-0.39, 0.29) is 13.2 Å². The highest BCUT2D eigenvalue weighted by atomic mass is 31.2. The molecule has 1 N–H and O–H groups in total. The average molecular weight is 315 g/mol. The van der Waals surface area contributed by atoms with Crippen LogP contribution in [0.2, 0.25) is 0 Å². The summed E-state index contributed by atoms with van der Waals surface area (Å²) >= 11 is 0. The van der Waals surface area contributed by atoms with E-state index in [9.17, 15) is 9.67 Å². The van der Waals surface area contributed by atoms with Gasteiger partial charge in [0, 0.05) is 19.1 Å². The standard InChI is InChI=1S/C12H18N3O5P/c1-18-21(17,19-2)12(16)11(8-14-15-13)20-9-10-6-4-3-5-7-10/h3-7,11-12,16H,8-9H2,1-2H3/t11-,12-/m0/s1. The van der Waals surface area contributed by atoms with Crippen LogP contribution in [0, 0.1) is 0 Å². The van der Waals surface area contributed by atoms with Crippen LogP contribution in [0.5, 0.6) is 0 Å². The Morgan fingerprint density at radius 3 is 2.48 bits per heavy atom. The summed E-state index contributed by atoms with van der Waals surface area (Å²) in [5.74, 6) is -1.55. The second kappa shape index (κ2) is 8.79. The fourth-order valence-electron chi connectivity index (χ4n) is 1.62. The summed E-state index contributed by atoms with van der Waals surface area (Å²) < 4.78 is 27.1. The van der Waals surface area contributed by atoms with Crippen LogP contribution in [0.3, 0.4) is 0 Å². The van der Waals surface area contributed by atoms with E-state index in [2.05, 4.69) is 10.0 Å². The molecule has 0 aromatic heterocycles. The van der Waals surface area contributed by atoms with Gasteiger partial charge in [-0.05, 0) is 11.1 Å². The van der Waals surface area contributed by atoms with Crippen LogP contribution >= 0.6 is 7.60 Å². The second-order valence-electron chi connectivity index (χ2n) is 4.07. The molecule has 0 aliphatic rings. The highest BCUT2D eigenvalue weighted by molar-refractivity contribution is 7.54. The van der Waals surface area contributed by atoms with E-state index in [4.69, 9.17) is 19.3 Å². The molecule has 1 rings (SSSR count). The molecule has 116 valence electrons. The van der Waals surface area contributed by atoms with E-state index in [1.165, 1.54) is 0 Å². The lowest BCUT2D eigenvalue weighted by atomic mass is 10.2. The Morgan fingerprint density at radius 2 is 1.95 bits per heavy atom. The summed E-state index contributed by atoms with van der Waals surface area (Å²) in [6.07, 6.45) is -1.01. The van der Waals surface area contributed by atoms with Gasteiger partial charge in [-0.2, -0.15) is 0 Å². The monoisotopic (exact) mass is 315 g/mol. The van der Waals surface area contributed by atoms with Crippen molar-refractivity contribution in [3.8, 4) is 0 Å². The SMILES string of the molecule is COP(=O)(OC)[C@H](O)[C@H](CN=[N+]=[N-])OCc1ccccc1. The highest BCUT2D eigenvalue weighted by Crippen LogP contribution is 2.52. The minimum Gasteiger partial charge on any atom is -0.378 e. The quantitative estimate of drug-likeness (QED) is 0.326. The Hall–Kier alpha value is -1.40. The van der Waals surface area contributed by atoms with Crippen LogP contribution < -0.4 is 0 Å². The Morgan fingerprint density at radius 1 is 1.33 bits per heavy atom. The Balaban J connectivity index is 2.80. The first-order valence-electron chi connectivity index (χ1n) is 6.13. The third-order valence-electron chi connectivity index (χ3n) is 2.80. The molecular weight excluding hydrogens is 297 g/mol. The predicted octanol–water partition coefficient (Wildman–Crippen LogP) is 2.69. The fraction of sp³-hybridized carbons (Fsp3) is 0.500. The molecule has 0 amide bonds. The first-order valence-corrected chi connectivity index (χ1v) is 7.74. The molecule has 8 nitrogen and oxygen atoms in total. The van der Waals surface area contributed by atoms with Gasteiger partial charge in [0.05, 0.1) is 13.2 Å². The number of hydrogen-bond acceptors (Lipinski definition) is 6. The average Bonchev–Trinajstić information content (AvgIpc) is 2.54. The van der Waals surface area contributed by atoms with Gasteiger partial charge in [0.25, 0.3) is 0 Å². The lowest BCUT2D eigenvalue weighted by Crippen LogP contribution is -2.32.